The van der Waals surface area contributed by atoms with Crippen molar-refractivity contribution in [2.45, 2.75) is 57.8 Å². The molecular weight excluding hydrogens is 418 g/mol. The Morgan fingerprint density at radius 3 is 2.68 bits per heavy atom. The topological polar surface area (TPSA) is 96.3 Å². The molecule has 1 aromatic heterocycles. The van der Waals surface area contributed by atoms with Crippen molar-refractivity contribution in [2.75, 3.05) is 6.54 Å². The van der Waals surface area contributed by atoms with Crippen molar-refractivity contribution in [1.29, 1.82) is 0 Å². The van der Waals surface area contributed by atoms with Crippen molar-refractivity contribution in [3.05, 3.63) is 52.6 Å². The highest BCUT2D eigenvalue weighted by Crippen LogP contribution is 2.38. The zero-order valence-electron chi connectivity index (χ0n) is 17.7. The summed E-state index contributed by atoms with van der Waals surface area (Å²) in [5.74, 6) is -0.959. The van der Waals surface area contributed by atoms with Crippen LogP contribution in [0.1, 0.15) is 59.7 Å². The van der Waals surface area contributed by atoms with Crippen molar-refractivity contribution in [1.82, 2.24) is 25.1 Å². The first kappa shape index (κ1) is 21.4. The molecule has 2 N–H and O–H groups in total. The molecular formula is C22H26ClN5O3. The van der Waals surface area contributed by atoms with E-state index in [1.807, 2.05) is 25.1 Å². The van der Waals surface area contributed by atoms with E-state index in [1.54, 1.807) is 22.5 Å². The van der Waals surface area contributed by atoms with Gasteiger partial charge < -0.3 is 20.1 Å². The summed E-state index contributed by atoms with van der Waals surface area (Å²) in [6.45, 7) is 4.73. The molecule has 1 fully saturated rings. The Morgan fingerprint density at radius 1 is 1.26 bits per heavy atom. The second kappa shape index (κ2) is 8.34. The second-order valence-electron chi connectivity index (χ2n) is 8.28. The SMILES string of the molecule is CCCNC(=O)c1ncn2c1C(=O)N(C1CC1)C(C)(C(=O)NCc1ccccc1Cl)C2. The van der Waals surface area contributed by atoms with Crippen LogP contribution < -0.4 is 10.6 Å². The summed E-state index contributed by atoms with van der Waals surface area (Å²) >= 11 is 6.21. The zero-order valence-corrected chi connectivity index (χ0v) is 18.4. The number of nitrogens with one attached hydrogen (secondary N) is 2. The smallest absolute Gasteiger partial charge is 0.274 e. The maximum atomic E-state index is 13.5. The van der Waals surface area contributed by atoms with Gasteiger partial charge in [0.2, 0.25) is 5.91 Å². The Labute approximate surface area is 186 Å². The van der Waals surface area contributed by atoms with Crippen LogP contribution >= 0.6 is 11.6 Å². The molecule has 1 saturated carbocycles. The molecule has 164 valence electrons. The van der Waals surface area contributed by atoms with E-state index in [1.165, 1.54) is 6.33 Å². The maximum absolute atomic E-state index is 13.5. The van der Waals surface area contributed by atoms with Crippen LogP contribution in [0.5, 0.6) is 0 Å². The molecule has 9 heteroatoms. The van der Waals surface area contributed by atoms with Crippen molar-refractivity contribution in [2.24, 2.45) is 0 Å². The number of nitrogens with zero attached hydrogens (tertiary/aromatic N) is 3. The van der Waals surface area contributed by atoms with Gasteiger partial charge in [0.1, 0.15) is 11.2 Å². The number of hydrogen-bond acceptors (Lipinski definition) is 4. The molecule has 1 aliphatic heterocycles. The third-order valence-corrected chi connectivity index (χ3v) is 6.19. The fraction of sp³-hybridized carbons (Fsp3) is 0.455. The quantitative estimate of drug-likeness (QED) is 0.686. The number of halogens is 1. The van der Waals surface area contributed by atoms with Crippen LogP contribution in [0.3, 0.4) is 0 Å². The number of benzene rings is 1. The molecule has 1 atom stereocenters. The lowest BCUT2D eigenvalue weighted by atomic mass is 9.93. The number of carbonyl (C=O) groups excluding carboxylic acids is 3. The van der Waals surface area contributed by atoms with Gasteiger partial charge in [0.15, 0.2) is 5.69 Å². The lowest BCUT2D eigenvalue weighted by Gasteiger charge is -2.44. The van der Waals surface area contributed by atoms with Gasteiger partial charge in [0.05, 0.1) is 12.9 Å². The van der Waals surface area contributed by atoms with Gasteiger partial charge in [-0.25, -0.2) is 4.98 Å². The van der Waals surface area contributed by atoms with E-state index < -0.39 is 5.54 Å². The third kappa shape index (κ3) is 3.92. The van der Waals surface area contributed by atoms with Crippen LogP contribution in [-0.4, -0.2) is 50.3 Å². The van der Waals surface area contributed by atoms with Crippen molar-refractivity contribution >= 4 is 29.3 Å². The third-order valence-electron chi connectivity index (χ3n) is 5.82. The first-order valence-electron chi connectivity index (χ1n) is 10.6. The van der Waals surface area contributed by atoms with Gasteiger partial charge >= 0.3 is 0 Å². The lowest BCUT2D eigenvalue weighted by molar-refractivity contribution is -0.133. The van der Waals surface area contributed by atoms with Crippen molar-refractivity contribution in [3.63, 3.8) is 0 Å². The van der Waals surface area contributed by atoms with Gasteiger partial charge in [0, 0.05) is 24.2 Å². The summed E-state index contributed by atoms with van der Waals surface area (Å²) in [6, 6.07) is 7.30. The second-order valence-corrected chi connectivity index (χ2v) is 8.69. The van der Waals surface area contributed by atoms with Crippen molar-refractivity contribution < 1.29 is 14.4 Å². The van der Waals surface area contributed by atoms with Crippen LogP contribution in [0, 0.1) is 0 Å². The van der Waals surface area contributed by atoms with Gasteiger partial charge in [-0.2, -0.15) is 0 Å². The first-order valence-corrected chi connectivity index (χ1v) is 10.9. The normalized spacial score (nSPS) is 20.4. The predicted octanol–water partition coefficient (Wildman–Crippen LogP) is 2.37. The zero-order chi connectivity index (χ0) is 22.2. The molecule has 31 heavy (non-hydrogen) atoms. The summed E-state index contributed by atoms with van der Waals surface area (Å²) < 4.78 is 1.62. The highest BCUT2D eigenvalue weighted by atomic mass is 35.5. The average Bonchev–Trinajstić information content (AvgIpc) is 3.49. The van der Waals surface area contributed by atoms with Crippen LogP contribution in [0.25, 0.3) is 0 Å². The number of amides is 3. The molecule has 8 nitrogen and oxygen atoms in total. The van der Waals surface area contributed by atoms with E-state index in [0.717, 1.165) is 24.8 Å². The van der Waals surface area contributed by atoms with Crippen LogP contribution in [0.2, 0.25) is 5.02 Å². The Bertz CT molecular complexity index is 1030. The largest absolute Gasteiger partial charge is 0.351 e. The molecule has 0 bridgehead atoms. The van der Waals surface area contributed by atoms with Crippen molar-refractivity contribution in [3.8, 4) is 0 Å². The van der Waals surface area contributed by atoms with Crippen LogP contribution in [0.15, 0.2) is 30.6 Å². The Morgan fingerprint density at radius 2 is 2.00 bits per heavy atom. The van der Waals surface area contributed by atoms with Gasteiger partial charge in [-0.15, -0.1) is 0 Å². The summed E-state index contributed by atoms with van der Waals surface area (Å²) in [4.78, 5) is 45.2. The molecule has 1 aromatic carbocycles. The molecule has 2 aliphatic rings. The number of imidazole rings is 1. The average molecular weight is 444 g/mol. The van der Waals surface area contributed by atoms with Crippen LogP contribution in [0.4, 0.5) is 0 Å². The number of aromatic nitrogens is 2. The summed E-state index contributed by atoms with van der Waals surface area (Å²) in [6.07, 6.45) is 3.93. The highest BCUT2D eigenvalue weighted by Gasteiger charge is 2.53. The van der Waals surface area contributed by atoms with E-state index in [9.17, 15) is 14.4 Å². The van der Waals surface area contributed by atoms with E-state index in [2.05, 4.69) is 15.6 Å². The molecule has 1 aliphatic carbocycles. The fourth-order valence-corrected chi connectivity index (χ4v) is 4.25. The number of hydrogen-bond donors (Lipinski definition) is 2. The van der Waals surface area contributed by atoms with Gasteiger partial charge in [-0.3, -0.25) is 14.4 Å². The fourth-order valence-electron chi connectivity index (χ4n) is 4.05. The monoisotopic (exact) mass is 443 g/mol. The van der Waals surface area contributed by atoms with Gasteiger partial charge in [0.25, 0.3) is 11.8 Å². The predicted molar refractivity (Wildman–Crippen MR) is 116 cm³/mol. The lowest BCUT2D eigenvalue weighted by Crippen LogP contribution is -2.64. The molecule has 2 aromatic rings. The minimum Gasteiger partial charge on any atom is -0.351 e. The summed E-state index contributed by atoms with van der Waals surface area (Å²) in [5, 5.41) is 6.29. The molecule has 3 amide bonds. The molecule has 0 spiro atoms. The highest BCUT2D eigenvalue weighted by molar-refractivity contribution is 6.31. The van der Waals surface area contributed by atoms with E-state index in [-0.39, 0.29) is 48.2 Å². The number of carbonyl (C=O) groups is 3. The minimum atomic E-state index is -1.09. The molecule has 2 heterocycles. The Hall–Kier alpha value is -2.87. The molecule has 0 saturated heterocycles. The van der Waals surface area contributed by atoms with Gasteiger partial charge in [-0.1, -0.05) is 36.7 Å². The molecule has 0 radical (unpaired) electrons. The van der Waals surface area contributed by atoms with E-state index in [0.29, 0.717) is 11.6 Å². The van der Waals surface area contributed by atoms with E-state index >= 15 is 0 Å². The number of fused-ring (bicyclic) bond motifs is 1. The summed E-state index contributed by atoms with van der Waals surface area (Å²) in [7, 11) is 0. The Kier molecular flexibility index (Phi) is 5.75. The first-order chi connectivity index (χ1) is 14.9. The van der Waals surface area contributed by atoms with Gasteiger partial charge in [-0.05, 0) is 37.8 Å². The van der Waals surface area contributed by atoms with Crippen LogP contribution in [-0.2, 0) is 17.9 Å². The minimum absolute atomic E-state index is 0.0150. The maximum Gasteiger partial charge on any atom is 0.274 e. The molecule has 4 rings (SSSR count). The standard InChI is InChI=1S/C22H26ClN5O3/c1-3-10-24-19(29)17-18-20(30)28(15-8-9-15)22(2,12-27(18)13-26-17)21(31)25-11-14-6-4-5-7-16(14)23/h4-7,13,15H,3,8-12H2,1-2H3,(H,24,29)(H,25,31). The number of rotatable bonds is 7. The Balaban J connectivity index is 1.61. The summed E-state index contributed by atoms with van der Waals surface area (Å²) in [5.41, 5.74) is 0.0728. The van der Waals surface area contributed by atoms with E-state index in [4.69, 9.17) is 11.6 Å². The molecule has 1 unspecified atom stereocenters.